The van der Waals surface area contributed by atoms with Crippen LogP contribution in [0.15, 0.2) is 24.3 Å². The highest BCUT2D eigenvalue weighted by molar-refractivity contribution is 5.76. The predicted molar refractivity (Wildman–Crippen MR) is 67.4 cm³/mol. The molecule has 0 fully saturated rings. The molecular weight excluding hydrogens is 234 g/mol. The number of carbonyl (C=O) groups is 1. The van der Waals surface area contributed by atoms with Gasteiger partial charge in [0.25, 0.3) is 0 Å². The van der Waals surface area contributed by atoms with Crippen LogP contribution in [0.2, 0.25) is 0 Å². The lowest BCUT2D eigenvalue weighted by Gasteiger charge is -2.09. The Labute approximate surface area is 106 Å². The van der Waals surface area contributed by atoms with Gasteiger partial charge in [0.15, 0.2) is 0 Å². The Morgan fingerprint density at radius 2 is 2.06 bits per heavy atom. The summed E-state index contributed by atoms with van der Waals surface area (Å²) in [6.07, 6.45) is 0.0881. The average Bonchev–Trinajstić information content (AvgIpc) is 2.42. The van der Waals surface area contributed by atoms with Crippen molar-refractivity contribution >= 4 is 5.91 Å². The lowest BCUT2D eigenvalue weighted by Crippen LogP contribution is -2.33. The zero-order valence-corrected chi connectivity index (χ0v) is 10.4. The van der Waals surface area contributed by atoms with Crippen LogP contribution >= 0.6 is 0 Å². The van der Waals surface area contributed by atoms with E-state index in [2.05, 4.69) is 5.32 Å². The van der Waals surface area contributed by atoms with Gasteiger partial charge in [-0.15, -0.1) is 0 Å². The monoisotopic (exact) mass is 253 g/mol. The van der Waals surface area contributed by atoms with Crippen LogP contribution in [0.1, 0.15) is 12.0 Å². The number of aliphatic hydroxyl groups is 2. The standard InChI is InChI=1S/C13H19NO4/c1-18-12-5-2-10(3-6-12)4-7-13(17)14-8-11(16)9-15/h2-3,5-6,11,15-16H,4,7-9H2,1H3,(H,14,17). The highest BCUT2D eigenvalue weighted by atomic mass is 16.5. The Hall–Kier alpha value is -1.59. The molecule has 0 aliphatic carbocycles. The van der Waals surface area contributed by atoms with E-state index in [1.165, 1.54) is 0 Å². The van der Waals surface area contributed by atoms with Crippen LogP contribution in [0.25, 0.3) is 0 Å². The molecule has 5 nitrogen and oxygen atoms in total. The Morgan fingerprint density at radius 1 is 1.39 bits per heavy atom. The molecule has 100 valence electrons. The molecule has 0 saturated carbocycles. The lowest BCUT2D eigenvalue weighted by molar-refractivity contribution is -0.121. The summed E-state index contributed by atoms with van der Waals surface area (Å²) in [6.45, 7) is -0.267. The number of methoxy groups -OCH3 is 1. The SMILES string of the molecule is COc1ccc(CCC(=O)NCC(O)CO)cc1. The van der Waals surface area contributed by atoms with Gasteiger partial charge in [-0.05, 0) is 24.1 Å². The van der Waals surface area contributed by atoms with Crippen molar-refractivity contribution in [3.8, 4) is 5.75 Å². The number of hydrogen-bond donors (Lipinski definition) is 3. The van der Waals surface area contributed by atoms with Crippen molar-refractivity contribution in [3.05, 3.63) is 29.8 Å². The van der Waals surface area contributed by atoms with Gasteiger partial charge in [-0.2, -0.15) is 0 Å². The van der Waals surface area contributed by atoms with Crippen molar-refractivity contribution in [1.29, 1.82) is 0 Å². The van der Waals surface area contributed by atoms with Gasteiger partial charge >= 0.3 is 0 Å². The van der Waals surface area contributed by atoms with Gasteiger partial charge in [-0.3, -0.25) is 4.79 Å². The number of aryl methyl sites for hydroxylation is 1. The fourth-order valence-electron chi connectivity index (χ4n) is 1.43. The van der Waals surface area contributed by atoms with Crippen molar-refractivity contribution in [2.75, 3.05) is 20.3 Å². The average molecular weight is 253 g/mol. The number of amides is 1. The van der Waals surface area contributed by atoms with E-state index in [-0.39, 0.29) is 19.1 Å². The van der Waals surface area contributed by atoms with E-state index < -0.39 is 6.10 Å². The van der Waals surface area contributed by atoms with Gasteiger partial charge in [0, 0.05) is 13.0 Å². The molecule has 3 N–H and O–H groups in total. The number of ether oxygens (including phenoxy) is 1. The van der Waals surface area contributed by atoms with Crippen molar-refractivity contribution in [2.45, 2.75) is 18.9 Å². The molecule has 0 aliphatic rings. The van der Waals surface area contributed by atoms with Crippen molar-refractivity contribution < 1.29 is 19.7 Å². The molecule has 1 unspecified atom stereocenters. The van der Waals surface area contributed by atoms with E-state index in [1.54, 1.807) is 7.11 Å². The maximum atomic E-state index is 11.4. The van der Waals surface area contributed by atoms with Crippen molar-refractivity contribution in [2.24, 2.45) is 0 Å². The molecular formula is C13H19NO4. The van der Waals surface area contributed by atoms with Crippen LogP contribution in [0.4, 0.5) is 0 Å². The van der Waals surface area contributed by atoms with E-state index in [1.807, 2.05) is 24.3 Å². The number of rotatable bonds is 7. The van der Waals surface area contributed by atoms with Gasteiger partial charge < -0.3 is 20.3 Å². The van der Waals surface area contributed by atoms with Crippen LogP contribution < -0.4 is 10.1 Å². The first kappa shape index (κ1) is 14.5. The van der Waals surface area contributed by atoms with Crippen LogP contribution in [-0.4, -0.2) is 42.5 Å². The fourth-order valence-corrected chi connectivity index (χ4v) is 1.43. The molecule has 5 heteroatoms. The summed E-state index contributed by atoms with van der Waals surface area (Å²) in [7, 11) is 1.61. The maximum absolute atomic E-state index is 11.4. The van der Waals surface area contributed by atoms with E-state index >= 15 is 0 Å². The minimum atomic E-state index is -0.894. The van der Waals surface area contributed by atoms with E-state index in [0.29, 0.717) is 12.8 Å². The molecule has 18 heavy (non-hydrogen) atoms. The van der Waals surface area contributed by atoms with E-state index in [4.69, 9.17) is 14.9 Å². The number of carbonyl (C=O) groups excluding carboxylic acids is 1. The molecule has 0 bridgehead atoms. The summed E-state index contributed by atoms with van der Waals surface area (Å²) in [5.74, 6) is 0.646. The van der Waals surface area contributed by atoms with Crippen LogP contribution in [0.3, 0.4) is 0 Å². The fraction of sp³-hybridized carbons (Fsp3) is 0.462. The van der Waals surface area contributed by atoms with Crippen LogP contribution in [0, 0.1) is 0 Å². The van der Waals surface area contributed by atoms with Gasteiger partial charge in [0.2, 0.25) is 5.91 Å². The Morgan fingerprint density at radius 3 is 2.61 bits per heavy atom. The molecule has 0 spiro atoms. The second-order valence-electron chi connectivity index (χ2n) is 3.99. The zero-order chi connectivity index (χ0) is 13.4. The topological polar surface area (TPSA) is 78.8 Å². The third kappa shape index (κ3) is 5.16. The minimum Gasteiger partial charge on any atom is -0.497 e. The first-order chi connectivity index (χ1) is 8.65. The Bertz CT molecular complexity index is 364. The van der Waals surface area contributed by atoms with Gasteiger partial charge in [-0.1, -0.05) is 12.1 Å². The molecule has 1 atom stereocenters. The van der Waals surface area contributed by atoms with E-state index in [9.17, 15) is 4.79 Å². The molecule has 1 amide bonds. The van der Waals surface area contributed by atoms with Crippen LogP contribution in [0.5, 0.6) is 5.75 Å². The molecule has 0 aliphatic heterocycles. The zero-order valence-electron chi connectivity index (χ0n) is 10.4. The van der Waals surface area contributed by atoms with Gasteiger partial charge in [-0.25, -0.2) is 0 Å². The Kier molecular flexibility index (Phi) is 6.18. The van der Waals surface area contributed by atoms with Crippen LogP contribution in [-0.2, 0) is 11.2 Å². The number of aliphatic hydroxyl groups excluding tert-OH is 2. The van der Waals surface area contributed by atoms with Gasteiger partial charge in [0.1, 0.15) is 5.75 Å². The second kappa shape index (κ2) is 7.68. The highest BCUT2D eigenvalue weighted by Crippen LogP contribution is 2.12. The lowest BCUT2D eigenvalue weighted by atomic mass is 10.1. The van der Waals surface area contributed by atoms with E-state index in [0.717, 1.165) is 11.3 Å². The quantitative estimate of drug-likeness (QED) is 0.644. The summed E-state index contributed by atoms with van der Waals surface area (Å²) >= 11 is 0. The molecule has 1 aromatic carbocycles. The first-order valence-electron chi connectivity index (χ1n) is 5.84. The number of benzene rings is 1. The molecule has 0 radical (unpaired) electrons. The minimum absolute atomic E-state index is 0.0813. The summed E-state index contributed by atoms with van der Waals surface area (Å²) in [5, 5.41) is 20.2. The molecule has 1 rings (SSSR count). The summed E-state index contributed by atoms with van der Waals surface area (Å²) in [6, 6.07) is 7.52. The third-order valence-corrected chi connectivity index (χ3v) is 2.55. The first-order valence-corrected chi connectivity index (χ1v) is 5.84. The second-order valence-corrected chi connectivity index (χ2v) is 3.99. The summed E-state index contributed by atoms with van der Waals surface area (Å²) in [4.78, 5) is 11.4. The molecule has 0 saturated heterocycles. The summed E-state index contributed by atoms with van der Waals surface area (Å²) in [5.41, 5.74) is 1.05. The third-order valence-electron chi connectivity index (χ3n) is 2.55. The number of nitrogens with one attached hydrogen (secondary N) is 1. The largest absolute Gasteiger partial charge is 0.497 e. The predicted octanol–water partition coefficient (Wildman–Crippen LogP) is 0.0972. The highest BCUT2D eigenvalue weighted by Gasteiger charge is 2.06. The Balaban J connectivity index is 2.29. The van der Waals surface area contributed by atoms with Gasteiger partial charge in [0.05, 0.1) is 19.8 Å². The molecule has 1 aromatic rings. The number of hydrogen-bond acceptors (Lipinski definition) is 4. The molecule has 0 heterocycles. The smallest absolute Gasteiger partial charge is 0.220 e. The molecule has 0 aromatic heterocycles. The van der Waals surface area contributed by atoms with Crippen molar-refractivity contribution in [1.82, 2.24) is 5.32 Å². The normalized spacial score (nSPS) is 11.9. The maximum Gasteiger partial charge on any atom is 0.220 e. The van der Waals surface area contributed by atoms with Crippen molar-refractivity contribution in [3.63, 3.8) is 0 Å². The summed E-state index contributed by atoms with van der Waals surface area (Å²) < 4.78 is 5.04.